The lowest BCUT2D eigenvalue weighted by atomic mass is 9.93. The minimum Gasteiger partial charge on any atom is -0.300 e. The first-order valence-electron chi connectivity index (χ1n) is 8.64. The van der Waals surface area contributed by atoms with Gasteiger partial charge in [0.05, 0.1) is 0 Å². The lowest BCUT2D eigenvalue weighted by molar-refractivity contribution is 0.108. The van der Waals surface area contributed by atoms with E-state index in [1.165, 1.54) is 25.5 Å². The van der Waals surface area contributed by atoms with Crippen LogP contribution in [-0.2, 0) is 6.54 Å². The summed E-state index contributed by atoms with van der Waals surface area (Å²) in [7, 11) is 0. The number of allylic oxidation sites excluding steroid dienone is 2. The Kier molecular flexibility index (Phi) is 4.01. The van der Waals surface area contributed by atoms with E-state index in [9.17, 15) is 4.39 Å². The number of rotatable bonds is 4. The maximum absolute atomic E-state index is 13.3. The number of nitrogens with zero attached hydrogens (tertiary/aromatic N) is 2. The van der Waals surface area contributed by atoms with Gasteiger partial charge in [-0.25, -0.2) is 4.39 Å². The van der Waals surface area contributed by atoms with Crippen molar-refractivity contribution in [3.8, 4) is 0 Å². The Balaban J connectivity index is 1.25. The van der Waals surface area contributed by atoms with E-state index in [4.69, 9.17) is 0 Å². The molecule has 2 aliphatic carbocycles. The molecule has 3 atom stereocenters. The van der Waals surface area contributed by atoms with E-state index in [1.807, 2.05) is 12.1 Å². The quantitative estimate of drug-likeness (QED) is 0.788. The molecule has 0 spiro atoms. The Morgan fingerprint density at radius 1 is 1.00 bits per heavy atom. The fraction of sp³-hybridized carbons (Fsp3) is 0.579. The van der Waals surface area contributed by atoms with Gasteiger partial charge in [0, 0.05) is 39.3 Å². The van der Waals surface area contributed by atoms with Gasteiger partial charge in [-0.05, 0) is 48.3 Å². The monoisotopic (exact) mass is 300 g/mol. The van der Waals surface area contributed by atoms with Gasteiger partial charge in [-0.15, -0.1) is 0 Å². The molecule has 0 unspecified atom stereocenters. The molecular weight excluding hydrogens is 275 g/mol. The molecule has 1 aromatic carbocycles. The van der Waals surface area contributed by atoms with E-state index < -0.39 is 0 Å². The molecule has 3 heteroatoms. The molecule has 4 rings (SSSR count). The third-order valence-corrected chi connectivity index (χ3v) is 5.67. The second kappa shape index (κ2) is 6.13. The van der Waals surface area contributed by atoms with E-state index in [-0.39, 0.29) is 5.82 Å². The van der Waals surface area contributed by atoms with Gasteiger partial charge in [-0.1, -0.05) is 24.3 Å². The van der Waals surface area contributed by atoms with E-state index in [0.717, 1.165) is 56.0 Å². The maximum atomic E-state index is 13.3. The van der Waals surface area contributed by atoms with Crippen molar-refractivity contribution in [1.29, 1.82) is 0 Å². The highest BCUT2D eigenvalue weighted by Crippen LogP contribution is 2.43. The molecule has 3 aliphatic rings. The van der Waals surface area contributed by atoms with Crippen LogP contribution in [0, 0.1) is 23.6 Å². The first-order valence-corrected chi connectivity index (χ1v) is 8.64. The molecule has 1 aromatic rings. The maximum Gasteiger partial charge on any atom is 0.123 e. The van der Waals surface area contributed by atoms with Crippen LogP contribution >= 0.6 is 0 Å². The number of fused-ring (bicyclic) bond motifs is 2. The van der Waals surface area contributed by atoms with Crippen LogP contribution in [0.3, 0.4) is 0 Å². The molecule has 1 aliphatic heterocycles. The smallest absolute Gasteiger partial charge is 0.123 e. The fourth-order valence-corrected chi connectivity index (χ4v) is 4.46. The first kappa shape index (κ1) is 14.4. The van der Waals surface area contributed by atoms with Gasteiger partial charge in [0.1, 0.15) is 5.82 Å². The summed E-state index contributed by atoms with van der Waals surface area (Å²) in [6.07, 6.45) is 7.70. The van der Waals surface area contributed by atoms with Crippen LogP contribution < -0.4 is 0 Å². The SMILES string of the molecule is Fc1cccc(CN2CCN(C[C@@H]3C[C@H]4C=C[C@H]3C4)CC2)c1. The molecule has 2 nitrogen and oxygen atoms in total. The van der Waals surface area contributed by atoms with Gasteiger partial charge >= 0.3 is 0 Å². The third-order valence-electron chi connectivity index (χ3n) is 5.67. The zero-order valence-corrected chi connectivity index (χ0v) is 13.1. The highest BCUT2D eigenvalue weighted by molar-refractivity contribution is 5.16. The normalized spacial score (nSPS) is 32.0. The predicted molar refractivity (Wildman–Crippen MR) is 87.0 cm³/mol. The number of benzene rings is 1. The lowest BCUT2D eigenvalue weighted by Gasteiger charge is -2.37. The van der Waals surface area contributed by atoms with Crippen LogP contribution in [-0.4, -0.2) is 42.5 Å². The second-order valence-corrected chi connectivity index (χ2v) is 7.25. The summed E-state index contributed by atoms with van der Waals surface area (Å²) in [5, 5.41) is 0. The molecule has 0 amide bonds. The highest BCUT2D eigenvalue weighted by atomic mass is 19.1. The van der Waals surface area contributed by atoms with Crippen LogP contribution in [0.15, 0.2) is 36.4 Å². The summed E-state index contributed by atoms with van der Waals surface area (Å²) < 4.78 is 13.3. The van der Waals surface area contributed by atoms with Gasteiger partial charge in [-0.2, -0.15) is 0 Å². The van der Waals surface area contributed by atoms with Gasteiger partial charge < -0.3 is 4.90 Å². The predicted octanol–water partition coefficient (Wildman–Crippen LogP) is 3.16. The number of hydrogen-bond acceptors (Lipinski definition) is 2. The van der Waals surface area contributed by atoms with Crippen LogP contribution in [0.2, 0.25) is 0 Å². The van der Waals surface area contributed by atoms with Crippen molar-refractivity contribution in [3.63, 3.8) is 0 Å². The van der Waals surface area contributed by atoms with Gasteiger partial charge in [0.2, 0.25) is 0 Å². The van der Waals surface area contributed by atoms with Gasteiger partial charge in [-0.3, -0.25) is 4.90 Å². The standard InChI is InChI=1S/C19H25FN2/c20-19-3-1-2-16(12-19)13-21-6-8-22(9-7-21)14-18-11-15-4-5-17(18)10-15/h1-5,12,15,17-18H,6-11,13-14H2/t15-,17-,18-/m0/s1. The highest BCUT2D eigenvalue weighted by Gasteiger charge is 2.36. The van der Waals surface area contributed by atoms with Gasteiger partial charge in [0.15, 0.2) is 0 Å². The van der Waals surface area contributed by atoms with Crippen molar-refractivity contribution >= 4 is 0 Å². The molecule has 0 radical (unpaired) electrons. The average molecular weight is 300 g/mol. The molecule has 0 aromatic heterocycles. The van der Waals surface area contributed by atoms with Crippen LogP contribution in [0.25, 0.3) is 0 Å². The van der Waals surface area contributed by atoms with E-state index in [0.29, 0.717) is 0 Å². The summed E-state index contributed by atoms with van der Waals surface area (Å²) in [4.78, 5) is 5.09. The number of halogens is 1. The summed E-state index contributed by atoms with van der Waals surface area (Å²) in [6.45, 7) is 6.68. The topological polar surface area (TPSA) is 6.48 Å². The summed E-state index contributed by atoms with van der Waals surface area (Å²) in [5.41, 5.74) is 1.09. The van der Waals surface area contributed by atoms with E-state index >= 15 is 0 Å². The van der Waals surface area contributed by atoms with Crippen molar-refractivity contribution in [2.45, 2.75) is 19.4 Å². The fourth-order valence-electron chi connectivity index (χ4n) is 4.46. The third kappa shape index (κ3) is 3.11. The Labute approximate surface area is 132 Å². The molecule has 1 saturated heterocycles. The molecule has 118 valence electrons. The molecule has 1 saturated carbocycles. The minimum atomic E-state index is -0.125. The summed E-state index contributed by atoms with van der Waals surface area (Å²) >= 11 is 0. The Hall–Kier alpha value is -1.19. The number of hydrogen-bond donors (Lipinski definition) is 0. The van der Waals surface area contributed by atoms with Crippen LogP contribution in [0.4, 0.5) is 4.39 Å². The Bertz CT molecular complexity index is 548. The Morgan fingerprint density at radius 2 is 1.82 bits per heavy atom. The molecule has 0 N–H and O–H groups in total. The van der Waals surface area contributed by atoms with Crippen molar-refractivity contribution in [3.05, 3.63) is 47.8 Å². The van der Waals surface area contributed by atoms with Crippen LogP contribution in [0.1, 0.15) is 18.4 Å². The second-order valence-electron chi connectivity index (χ2n) is 7.25. The van der Waals surface area contributed by atoms with Crippen LogP contribution in [0.5, 0.6) is 0 Å². The van der Waals surface area contributed by atoms with E-state index in [1.54, 1.807) is 6.07 Å². The summed E-state index contributed by atoms with van der Waals surface area (Å²) in [6, 6.07) is 7.01. The lowest BCUT2D eigenvalue weighted by Crippen LogP contribution is -2.47. The van der Waals surface area contributed by atoms with Crippen molar-refractivity contribution < 1.29 is 4.39 Å². The average Bonchev–Trinajstić information content (AvgIpc) is 3.12. The number of piperazine rings is 1. The minimum absolute atomic E-state index is 0.125. The molecule has 22 heavy (non-hydrogen) atoms. The molecule has 2 bridgehead atoms. The molecule has 1 heterocycles. The van der Waals surface area contributed by atoms with Crippen molar-refractivity contribution in [1.82, 2.24) is 9.80 Å². The first-order chi connectivity index (χ1) is 10.8. The van der Waals surface area contributed by atoms with Crippen molar-refractivity contribution in [2.75, 3.05) is 32.7 Å². The Morgan fingerprint density at radius 3 is 2.50 bits per heavy atom. The molecule has 2 fully saturated rings. The molecular formula is C19H25FN2. The van der Waals surface area contributed by atoms with Crippen molar-refractivity contribution in [2.24, 2.45) is 17.8 Å². The van der Waals surface area contributed by atoms with E-state index in [2.05, 4.69) is 22.0 Å². The summed E-state index contributed by atoms with van der Waals surface area (Å²) in [5.74, 6) is 2.50. The largest absolute Gasteiger partial charge is 0.300 e. The zero-order chi connectivity index (χ0) is 14.9. The van der Waals surface area contributed by atoms with Gasteiger partial charge in [0.25, 0.3) is 0 Å². The zero-order valence-electron chi connectivity index (χ0n) is 13.1.